The van der Waals surface area contributed by atoms with Crippen LogP contribution in [0.15, 0.2) is 49.1 Å². The van der Waals surface area contributed by atoms with Crippen molar-refractivity contribution in [1.29, 1.82) is 0 Å². The van der Waals surface area contributed by atoms with Crippen LogP contribution in [0.2, 0.25) is 0 Å². The fourth-order valence-corrected chi connectivity index (χ4v) is 3.27. The Kier molecular flexibility index (Phi) is 8.94. The summed E-state index contributed by atoms with van der Waals surface area (Å²) >= 11 is 0. The molecule has 1 aliphatic heterocycles. The quantitative estimate of drug-likeness (QED) is 0.359. The number of hydrogen-bond acceptors (Lipinski definition) is 3. The second kappa shape index (κ2) is 11.2. The van der Waals surface area contributed by atoms with E-state index in [1.54, 1.807) is 6.08 Å². The molecular formula is C24H35NO3. The van der Waals surface area contributed by atoms with Gasteiger partial charge in [-0.05, 0) is 31.9 Å². The highest BCUT2D eigenvalue weighted by Gasteiger charge is 2.47. The molecule has 0 aromatic heterocycles. The first-order chi connectivity index (χ1) is 13.5. The van der Waals surface area contributed by atoms with Gasteiger partial charge in [0.25, 0.3) is 5.91 Å². The van der Waals surface area contributed by atoms with Gasteiger partial charge in [0.1, 0.15) is 0 Å². The molecule has 0 N–H and O–H groups in total. The lowest BCUT2D eigenvalue weighted by Gasteiger charge is -2.44. The number of hydrogen-bond donors (Lipinski definition) is 0. The molecular weight excluding hydrogens is 350 g/mol. The SMILES string of the molecule is C=CC1OC(/C=C/c2ccccc2)C(C)(C)C(=O)N1OCCCCCCCC. The monoisotopic (exact) mass is 385 g/mol. The summed E-state index contributed by atoms with van der Waals surface area (Å²) in [5.41, 5.74) is 0.359. The number of amides is 1. The molecule has 4 heteroatoms. The smallest absolute Gasteiger partial charge is 0.257 e. The van der Waals surface area contributed by atoms with Crippen LogP contribution in [0, 0.1) is 5.41 Å². The van der Waals surface area contributed by atoms with Crippen LogP contribution in [0.4, 0.5) is 0 Å². The summed E-state index contributed by atoms with van der Waals surface area (Å²) < 4.78 is 6.14. The van der Waals surface area contributed by atoms with Gasteiger partial charge < -0.3 is 4.74 Å². The van der Waals surface area contributed by atoms with E-state index in [-0.39, 0.29) is 12.0 Å². The second-order valence-corrected chi connectivity index (χ2v) is 7.91. The Hall–Kier alpha value is -1.91. The molecule has 1 aromatic carbocycles. The molecule has 1 amide bonds. The molecule has 154 valence electrons. The zero-order valence-electron chi connectivity index (χ0n) is 17.6. The number of carbonyl (C=O) groups excluding carboxylic acids is 1. The summed E-state index contributed by atoms with van der Waals surface area (Å²) in [7, 11) is 0. The number of carbonyl (C=O) groups is 1. The summed E-state index contributed by atoms with van der Waals surface area (Å²) in [6.07, 6.45) is 11.7. The van der Waals surface area contributed by atoms with Gasteiger partial charge in [-0.2, -0.15) is 5.06 Å². The highest BCUT2D eigenvalue weighted by Crippen LogP contribution is 2.35. The summed E-state index contributed by atoms with van der Waals surface area (Å²) in [6.45, 7) is 10.4. The number of ether oxygens (including phenoxy) is 1. The molecule has 2 rings (SSSR count). The minimum Gasteiger partial charge on any atom is -0.344 e. The average Bonchev–Trinajstić information content (AvgIpc) is 2.70. The highest BCUT2D eigenvalue weighted by atomic mass is 16.7. The van der Waals surface area contributed by atoms with Crippen molar-refractivity contribution in [3.05, 3.63) is 54.6 Å². The molecule has 2 atom stereocenters. The average molecular weight is 386 g/mol. The Balaban J connectivity index is 1.94. The third-order valence-electron chi connectivity index (χ3n) is 5.17. The normalized spacial score (nSPS) is 22.0. The Morgan fingerprint density at radius 2 is 1.82 bits per heavy atom. The summed E-state index contributed by atoms with van der Waals surface area (Å²) in [5.74, 6) is -0.0719. The molecule has 0 aliphatic carbocycles. The van der Waals surface area contributed by atoms with Crippen molar-refractivity contribution in [2.24, 2.45) is 5.41 Å². The first-order valence-electron chi connectivity index (χ1n) is 10.5. The summed E-state index contributed by atoms with van der Waals surface area (Å²) in [5, 5.41) is 1.37. The fourth-order valence-electron chi connectivity index (χ4n) is 3.27. The number of hydroxylamine groups is 2. The van der Waals surface area contributed by atoms with Crippen LogP contribution in [-0.4, -0.2) is 29.9 Å². The predicted octanol–water partition coefficient (Wildman–Crippen LogP) is 5.76. The maximum absolute atomic E-state index is 13.1. The van der Waals surface area contributed by atoms with E-state index >= 15 is 0 Å². The molecule has 1 heterocycles. The minimum atomic E-state index is -0.716. The molecule has 1 aliphatic rings. The van der Waals surface area contributed by atoms with E-state index in [0.29, 0.717) is 6.61 Å². The number of rotatable bonds is 11. The fraction of sp³-hybridized carbons (Fsp3) is 0.542. The summed E-state index contributed by atoms with van der Waals surface area (Å²) in [4.78, 5) is 18.9. The number of benzene rings is 1. The van der Waals surface area contributed by atoms with Crippen molar-refractivity contribution < 1.29 is 14.4 Å². The van der Waals surface area contributed by atoms with Gasteiger partial charge in [-0.25, -0.2) is 0 Å². The molecule has 2 unspecified atom stereocenters. The largest absolute Gasteiger partial charge is 0.344 e. The van der Waals surface area contributed by atoms with E-state index < -0.39 is 11.6 Å². The van der Waals surface area contributed by atoms with Crippen LogP contribution < -0.4 is 0 Å². The Morgan fingerprint density at radius 1 is 1.14 bits per heavy atom. The van der Waals surface area contributed by atoms with Crippen molar-refractivity contribution in [2.45, 2.75) is 71.6 Å². The first-order valence-corrected chi connectivity index (χ1v) is 10.5. The van der Waals surface area contributed by atoms with E-state index in [2.05, 4.69) is 13.5 Å². The lowest BCUT2D eigenvalue weighted by molar-refractivity contribution is -0.275. The highest BCUT2D eigenvalue weighted by molar-refractivity contribution is 5.83. The van der Waals surface area contributed by atoms with Crippen LogP contribution in [0.25, 0.3) is 6.08 Å². The lowest BCUT2D eigenvalue weighted by atomic mass is 9.83. The molecule has 4 nitrogen and oxygen atoms in total. The van der Waals surface area contributed by atoms with Gasteiger partial charge in [-0.3, -0.25) is 9.63 Å². The maximum Gasteiger partial charge on any atom is 0.257 e. The van der Waals surface area contributed by atoms with Crippen molar-refractivity contribution in [1.82, 2.24) is 5.06 Å². The zero-order chi connectivity index (χ0) is 20.4. The third-order valence-corrected chi connectivity index (χ3v) is 5.17. The van der Waals surface area contributed by atoms with Gasteiger partial charge in [-0.15, -0.1) is 0 Å². The van der Waals surface area contributed by atoms with Gasteiger partial charge >= 0.3 is 0 Å². The van der Waals surface area contributed by atoms with Gasteiger partial charge in [0.15, 0.2) is 6.23 Å². The molecule has 0 spiro atoms. The van der Waals surface area contributed by atoms with Crippen LogP contribution in [0.3, 0.4) is 0 Å². The standard InChI is InChI=1S/C24H35NO3/c1-5-7-8-9-10-14-19-27-25-22(6-2)28-21(24(3,4)23(25)26)18-17-20-15-12-11-13-16-20/h6,11-13,15-18,21-22H,2,5,7-10,14,19H2,1,3-4H3/b18-17+. The molecule has 1 aromatic rings. The Morgan fingerprint density at radius 3 is 2.50 bits per heavy atom. The van der Waals surface area contributed by atoms with Gasteiger partial charge in [-0.1, -0.05) is 88.1 Å². The maximum atomic E-state index is 13.1. The minimum absolute atomic E-state index is 0.0719. The van der Waals surface area contributed by atoms with Crippen LogP contribution in [0.5, 0.6) is 0 Å². The molecule has 0 radical (unpaired) electrons. The Labute approximate surface area is 170 Å². The molecule has 0 bridgehead atoms. The van der Waals surface area contributed by atoms with Crippen molar-refractivity contribution in [3.63, 3.8) is 0 Å². The van der Waals surface area contributed by atoms with Crippen molar-refractivity contribution in [3.8, 4) is 0 Å². The lowest BCUT2D eigenvalue weighted by Crippen LogP contribution is -2.58. The zero-order valence-corrected chi connectivity index (χ0v) is 17.6. The second-order valence-electron chi connectivity index (χ2n) is 7.91. The molecule has 28 heavy (non-hydrogen) atoms. The van der Waals surface area contributed by atoms with Crippen molar-refractivity contribution in [2.75, 3.05) is 6.61 Å². The van der Waals surface area contributed by atoms with Gasteiger partial charge in [0, 0.05) is 0 Å². The molecule has 0 saturated carbocycles. The first kappa shape index (κ1) is 22.4. The van der Waals surface area contributed by atoms with Crippen LogP contribution in [-0.2, 0) is 14.4 Å². The van der Waals surface area contributed by atoms with E-state index in [1.165, 1.54) is 30.7 Å². The topological polar surface area (TPSA) is 38.8 Å². The van der Waals surface area contributed by atoms with Gasteiger partial charge in [0.05, 0.1) is 18.1 Å². The third kappa shape index (κ3) is 6.05. The van der Waals surface area contributed by atoms with E-state index in [1.807, 2.05) is 56.3 Å². The van der Waals surface area contributed by atoms with Crippen molar-refractivity contribution >= 4 is 12.0 Å². The van der Waals surface area contributed by atoms with Gasteiger partial charge in [0.2, 0.25) is 0 Å². The molecule has 1 saturated heterocycles. The summed E-state index contributed by atoms with van der Waals surface area (Å²) in [6, 6.07) is 10.0. The van der Waals surface area contributed by atoms with Crippen LogP contribution in [0.1, 0.15) is 64.9 Å². The van der Waals surface area contributed by atoms with E-state index in [4.69, 9.17) is 9.57 Å². The van der Waals surface area contributed by atoms with E-state index in [9.17, 15) is 4.79 Å². The predicted molar refractivity (Wildman–Crippen MR) is 114 cm³/mol. The number of unbranched alkanes of at least 4 members (excludes halogenated alkanes) is 5. The molecule has 1 fully saturated rings. The number of nitrogens with zero attached hydrogens (tertiary/aromatic N) is 1. The van der Waals surface area contributed by atoms with Crippen LogP contribution >= 0.6 is 0 Å². The van der Waals surface area contributed by atoms with E-state index in [0.717, 1.165) is 18.4 Å². The Bertz CT molecular complexity index is 639.